The number of ether oxygens (including phenoxy) is 1. The Morgan fingerprint density at radius 2 is 2.36 bits per heavy atom. The van der Waals surface area contributed by atoms with Crippen molar-refractivity contribution < 1.29 is 9.53 Å². The maximum absolute atomic E-state index is 11.4. The number of hydrogen-bond acceptors (Lipinski definition) is 2. The zero-order valence-electron chi connectivity index (χ0n) is 7.71. The van der Waals surface area contributed by atoms with Gasteiger partial charge in [-0.2, -0.15) is 0 Å². The number of benzene rings is 1. The molecule has 0 aromatic heterocycles. The van der Waals surface area contributed by atoms with Crippen molar-refractivity contribution in [3.05, 3.63) is 23.2 Å². The third-order valence-corrected chi connectivity index (χ3v) is 2.45. The minimum absolute atomic E-state index is 0.109. The van der Waals surface area contributed by atoms with Crippen molar-refractivity contribution in [3.8, 4) is 5.75 Å². The molecule has 1 aromatic carbocycles. The van der Waals surface area contributed by atoms with Gasteiger partial charge in [0.25, 0.3) is 5.91 Å². The quantitative estimate of drug-likeness (QED) is 0.775. The highest BCUT2D eigenvalue weighted by Gasteiger charge is 2.27. The van der Waals surface area contributed by atoms with E-state index in [0.29, 0.717) is 22.9 Å². The number of nitrogens with one attached hydrogen (secondary N) is 1. The van der Waals surface area contributed by atoms with Crippen LogP contribution in [0.2, 0.25) is 5.02 Å². The molecule has 0 fully saturated rings. The molecule has 1 aliphatic rings. The summed E-state index contributed by atoms with van der Waals surface area (Å²) in [6, 6.07) is 5.28. The molecular formula is C10H10ClNO2. The number of hydrogen-bond donors (Lipinski definition) is 1. The zero-order chi connectivity index (χ0) is 10.1. The van der Waals surface area contributed by atoms with E-state index in [1.807, 2.05) is 6.92 Å². The van der Waals surface area contributed by atoms with Crippen molar-refractivity contribution in [2.75, 3.05) is 5.32 Å². The van der Waals surface area contributed by atoms with E-state index in [0.717, 1.165) is 0 Å². The van der Waals surface area contributed by atoms with Gasteiger partial charge in [-0.15, -0.1) is 0 Å². The molecule has 1 amide bonds. The molecule has 1 aliphatic heterocycles. The summed E-state index contributed by atoms with van der Waals surface area (Å²) in [5, 5.41) is 3.28. The molecule has 1 heterocycles. The normalized spacial score (nSPS) is 19.6. The average Bonchev–Trinajstić information content (AvgIpc) is 2.17. The zero-order valence-corrected chi connectivity index (χ0v) is 8.47. The molecule has 0 bridgehead atoms. The van der Waals surface area contributed by atoms with Crippen molar-refractivity contribution >= 4 is 23.2 Å². The predicted octanol–water partition coefficient (Wildman–Crippen LogP) is 2.45. The second-order valence-electron chi connectivity index (χ2n) is 3.12. The largest absolute Gasteiger partial charge is 0.477 e. The van der Waals surface area contributed by atoms with Crippen LogP contribution in [0, 0.1) is 0 Å². The summed E-state index contributed by atoms with van der Waals surface area (Å²) in [6.45, 7) is 1.89. The van der Waals surface area contributed by atoms with Crippen LogP contribution in [-0.2, 0) is 4.79 Å². The van der Waals surface area contributed by atoms with Gasteiger partial charge in [0.1, 0.15) is 0 Å². The van der Waals surface area contributed by atoms with Crippen molar-refractivity contribution in [2.24, 2.45) is 0 Å². The Morgan fingerprint density at radius 1 is 1.57 bits per heavy atom. The van der Waals surface area contributed by atoms with Crippen LogP contribution < -0.4 is 10.1 Å². The lowest BCUT2D eigenvalue weighted by Crippen LogP contribution is -2.36. The lowest BCUT2D eigenvalue weighted by atomic mass is 10.2. The van der Waals surface area contributed by atoms with Crippen LogP contribution in [0.15, 0.2) is 18.2 Å². The lowest BCUT2D eigenvalue weighted by molar-refractivity contribution is -0.123. The number of para-hydroxylation sites is 1. The fourth-order valence-electron chi connectivity index (χ4n) is 1.40. The van der Waals surface area contributed by atoms with Gasteiger partial charge in [0, 0.05) is 0 Å². The monoisotopic (exact) mass is 211 g/mol. The highest BCUT2D eigenvalue weighted by molar-refractivity contribution is 6.32. The van der Waals surface area contributed by atoms with Gasteiger partial charge in [-0.05, 0) is 18.6 Å². The Morgan fingerprint density at radius 3 is 3.07 bits per heavy atom. The summed E-state index contributed by atoms with van der Waals surface area (Å²) >= 11 is 5.94. The molecule has 3 nitrogen and oxygen atoms in total. The summed E-state index contributed by atoms with van der Waals surface area (Å²) in [7, 11) is 0. The second-order valence-corrected chi connectivity index (χ2v) is 3.53. The van der Waals surface area contributed by atoms with Crippen LogP contribution in [0.3, 0.4) is 0 Å². The third kappa shape index (κ3) is 1.44. The maximum Gasteiger partial charge on any atom is 0.265 e. The van der Waals surface area contributed by atoms with E-state index in [4.69, 9.17) is 16.3 Å². The number of carbonyl (C=O) groups excluding carboxylic acids is 1. The minimum atomic E-state index is -0.428. The Balaban J connectivity index is 2.40. The number of fused-ring (bicyclic) bond motifs is 1. The third-order valence-electron chi connectivity index (χ3n) is 2.15. The molecule has 0 aliphatic carbocycles. The highest BCUT2D eigenvalue weighted by atomic mass is 35.5. The number of carbonyl (C=O) groups is 1. The molecule has 1 aromatic rings. The predicted molar refractivity (Wildman–Crippen MR) is 54.8 cm³/mol. The summed E-state index contributed by atoms with van der Waals surface area (Å²) in [6.07, 6.45) is 0.207. The molecule has 0 saturated heterocycles. The van der Waals surface area contributed by atoms with Crippen molar-refractivity contribution in [1.82, 2.24) is 0 Å². The van der Waals surface area contributed by atoms with Gasteiger partial charge in [0.2, 0.25) is 0 Å². The number of amides is 1. The topological polar surface area (TPSA) is 38.3 Å². The van der Waals surface area contributed by atoms with E-state index >= 15 is 0 Å². The lowest BCUT2D eigenvalue weighted by Gasteiger charge is -2.25. The average molecular weight is 212 g/mol. The first-order valence-corrected chi connectivity index (χ1v) is 4.86. The Labute approximate surface area is 87.0 Å². The molecule has 0 saturated carbocycles. The van der Waals surface area contributed by atoms with Crippen LogP contribution in [0.1, 0.15) is 13.3 Å². The summed E-state index contributed by atoms with van der Waals surface area (Å²) < 4.78 is 5.48. The Bertz CT molecular complexity index is 378. The van der Waals surface area contributed by atoms with Gasteiger partial charge >= 0.3 is 0 Å². The van der Waals surface area contributed by atoms with E-state index in [1.54, 1.807) is 18.2 Å². The number of rotatable bonds is 1. The first kappa shape index (κ1) is 9.34. The second kappa shape index (κ2) is 3.50. The van der Waals surface area contributed by atoms with E-state index in [1.165, 1.54) is 0 Å². The van der Waals surface area contributed by atoms with E-state index in [9.17, 15) is 4.79 Å². The van der Waals surface area contributed by atoms with Crippen molar-refractivity contribution in [3.63, 3.8) is 0 Å². The minimum Gasteiger partial charge on any atom is -0.477 e. The van der Waals surface area contributed by atoms with E-state index in [-0.39, 0.29) is 5.91 Å². The van der Waals surface area contributed by atoms with Gasteiger partial charge in [-0.25, -0.2) is 0 Å². The van der Waals surface area contributed by atoms with Crippen LogP contribution in [0.25, 0.3) is 0 Å². The van der Waals surface area contributed by atoms with Gasteiger partial charge in [-0.3, -0.25) is 4.79 Å². The molecule has 0 unspecified atom stereocenters. The molecule has 14 heavy (non-hydrogen) atoms. The van der Waals surface area contributed by atoms with E-state index in [2.05, 4.69) is 5.32 Å². The Hall–Kier alpha value is -1.22. The standard InChI is InChI=1S/C10H10ClNO2/c1-2-8-10(13)12-7-5-3-4-6(11)9(7)14-8/h3-5,8H,2H2,1H3,(H,12,13)/t8-/m1/s1. The van der Waals surface area contributed by atoms with Gasteiger partial charge < -0.3 is 10.1 Å². The van der Waals surface area contributed by atoms with E-state index < -0.39 is 6.10 Å². The fraction of sp³-hybridized carbons (Fsp3) is 0.300. The molecule has 1 atom stereocenters. The smallest absolute Gasteiger partial charge is 0.265 e. The number of halogens is 1. The molecule has 74 valence electrons. The summed E-state index contributed by atoms with van der Waals surface area (Å²) in [5.74, 6) is 0.461. The summed E-state index contributed by atoms with van der Waals surface area (Å²) in [4.78, 5) is 11.4. The SMILES string of the molecule is CC[C@H]1Oc2c(Cl)cccc2NC1=O. The maximum atomic E-state index is 11.4. The highest BCUT2D eigenvalue weighted by Crippen LogP contribution is 2.36. The van der Waals surface area contributed by atoms with Crippen molar-refractivity contribution in [2.45, 2.75) is 19.4 Å². The molecule has 0 spiro atoms. The van der Waals surface area contributed by atoms with Crippen LogP contribution in [0.4, 0.5) is 5.69 Å². The molecule has 1 N–H and O–H groups in total. The van der Waals surface area contributed by atoms with Crippen LogP contribution in [0.5, 0.6) is 5.75 Å². The summed E-state index contributed by atoms with van der Waals surface area (Å²) in [5.41, 5.74) is 0.646. The van der Waals surface area contributed by atoms with Gasteiger partial charge in [0.15, 0.2) is 11.9 Å². The number of anilines is 1. The first-order chi connectivity index (χ1) is 6.72. The Kier molecular flexibility index (Phi) is 2.33. The van der Waals surface area contributed by atoms with Crippen LogP contribution >= 0.6 is 11.6 Å². The molecule has 2 rings (SSSR count). The molecule has 4 heteroatoms. The van der Waals surface area contributed by atoms with Gasteiger partial charge in [-0.1, -0.05) is 24.6 Å². The van der Waals surface area contributed by atoms with Crippen LogP contribution in [-0.4, -0.2) is 12.0 Å². The first-order valence-electron chi connectivity index (χ1n) is 4.48. The van der Waals surface area contributed by atoms with Crippen molar-refractivity contribution in [1.29, 1.82) is 0 Å². The van der Waals surface area contributed by atoms with Gasteiger partial charge in [0.05, 0.1) is 10.7 Å². The molecular weight excluding hydrogens is 202 g/mol. The molecule has 0 radical (unpaired) electrons. The fourth-order valence-corrected chi connectivity index (χ4v) is 1.62.